The Balaban J connectivity index is 3.01. The van der Waals surface area contributed by atoms with Crippen LogP contribution in [0.2, 0.25) is 0 Å². The molecule has 1 atom stereocenters. The molecule has 0 aliphatic carbocycles. The molecule has 3 nitrogen and oxygen atoms in total. The number of benzene rings is 1. The van der Waals surface area contributed by atoms with Crippen molar-refractivity contribution in [1.29, 1.82) is 0 Å². The lowest BCUT2D eigenvalue weighted by molar-refractivity contribution is -0.751. The highest BCUT2D eigenvalue weighted by Crippen LogP contribution is 2.55. The minimum absolute atomic E-state index is 0.0504. The molecule has 0 radical (unpaired) electrons. The van der Waals surface area contributed by atoms with Crippen LogP contribution in [-0.2, 0) is 4.57 Å². The Morgan fingerprint density at radius 2 is 1.77 bits per heavy atom. The third-order valence-corrected chi connectivity index (χ3v) is 3.64. The van der Waals surface area contributed by atoms with E-state index < -0.39 is 5.85 Å². The maximum absolute atomic E-state index is 11.1. The molecular weight excluding hydrogens is 232 g/mol. The van der Waals surface area contributed by atoms with Crippen molar-refractivity contribution in [2.45, 2.75) is 0 Å². The maximum Gasteiger partial charge on any atom is 0.281 e. The molecule has 0 heterocycles. The molecule has 1 rings (SSSR count). The van der Waals surface area contributed by atoms with E-state index in [1.807, 2.05) is 0 Å². The highest BCUT2D eigenvalue weighted by Gasteiger charge is 2.16. The van der Waals surface area contributed by atoms with Crippen molar-refractivity contribution in [3.8, 4) is 0 Å². The molecule has 0 bridgehead atoms. The standard InChI is InChI=1S/C7H8Cl2NO2P/c1-10(11)6-2-4-7(5-3-6)13(8,9)12/h2-5,10H,1H3. The molecule has 1 aromatic carbocycles. The van der Waals surface area contributed by atoms with Crippen molar-refractivity contribution < 1.29 is 9.63 Å². The quantitative estimate of drug-likeness (QED) is 0.630. The summed E-state index contributed by atoms with van der Waals surface area (Å²) in [5.74, 6) is -3.24. The lowest BCUT2D eigenvalue weighted by Crippen LogP contribution is -2.98. The van der Waals surface area contributed by atoms with Gasteiger partial charge in [0, 0.05) is 17.4 Å². The van der Waals surface area contributed by atoms with Gasteiger partial charge >= 0.3 is 0 Å². The van der Waals surface area contributed by atoms with Gasteiger partial charge in [0.25, 0.3) is 5.85 Å². The van der Waals surface area contributed by atoms with Gasteiger partial charge in [-0.15, -0.1) is 0 Å². The summed E-state index contributed by atoms with van der Waals surface area (Å²) < 4.78 is 11.1. The van der Waals surface area contributed by atoms with Gasteiger partial charge in [0.1, 0.15) is 5.69 Å². The summed E-state index contributed by atoms with van der Waals surface area (Å²) in [6.07, 6.45) is 0. The van der Waals surface area contributed by atoms with Gasteiger partial charge in [-0.1, -0.05) is 0 Å². The second kappa shape index (κ2) is 3.99. The lowest BCUT2D eigenvalue weighted by Gasteiger charge is -2.15. The molecule has 72 valence electrons. The van der Waals surface area contributed by atoms with Gasteiger partial charge in [-0.2, -0.15) is 0 Å². The second-order valence-corrected chi connectivity index (χ2v) is 7.38. The largest absolute Gasteiger partial charge is 0.629 e. The van der Waals surface area contributed by atoms with Crippen LogP contribution in [-0.4, -0.2) is 7.05 Å². The molecule has 0 aromatic heterocycles. The normalized spacial score (nSPS) is 14.2. The van der Waals surface area contributed by atoms with Crippen molar-refractivity contribution in [2.24, 2.45) is 0 Å². The Morgan fingerprint density at radius 1 is 1.31 bits per heavy atom. The summed E-state index contributed by atoms with van der Waals surface area (Å²) in [6, 6.07) is 6.10. The first kappa shape index (κ1) is 11.0. The van der Waals surface area contributed by atoms with E-state index in [2.05, 4.69) is 0 Å². The highest BCUT2D eigenvalue weighted by atomic mass is 35.9. The van der Waals surface area contributed by atoms with Gasteiger partial charge in [-0.05, 0) is 34.6 Å². The molecule has 0 fully saturated rings. The molecule has 1 N–H and O–H groups in total. The van der Waals surface area contributed by atoms with Crippen LogP contribution < -0.4 is 10.4 Å². The summed E-state index contributed by atoms with van der Waals surface area (Å²) in [5, 5.41) is 11.2. The molecule has 1 unspecified atom stereocenters. The van der Waals surface area contributed by atoms with Crippen LogP contribution in [0, 0.1) is 5.21 Å². The van der Waals surface area contributed by atoms with E-state index in [1.165, 1.54) is 19.2 Å². The van der Waals surface area contributed by atoms with E-state index in [0.29, 0.717) is 11.0 Å². The number of nitrogens with one attached hydrogen (secondary N) is 1. The van der Waals surface area contributed by atoms with E-state index in [-0.39, 0.29) is 5.06 Å². The number of halogens is 2. The smallest absolute Gasteiger partial charge is 0.281 e. The van der Waals surface area contributed by atoms with E-state index in [1.54, 1.807) is 12.1 Å². The first-order chi connectivity index (χ1) is 5.91. The maximum atomic E-state index is 11.1. The molecule has 0 saturated heterocycles. The molecule has 0 spiro atoms. The third-order valence-electron chi connectivity index (χ3n) is 1.57. The molecule has 0 saturated carbocycles. The van der Waals surface area contributed by atoms with Gasteiger partial charge in [0.05, 0.1) is 7.05 Å². The van der Waals surface area contributed by atoms with Gasteiger partial charge < -0.3 is 10.3 Å². The first-order valence-corrected chi connectivity index (χ1v) is 7.04. The number of rotatable bonds is 2. The van der Waals surface area contributed by atoms with Gasteiger partial charge in [0.2, 0.25) is 0 Å². The van der Waals surface area contributed by atoms with Crippen LogP contribution in [0.4, 0.5) is 5.69 Å². The fraction of sp³-hybridized carbons (Fsp3) is 0.143. The van der Waals surface area contributed by atoms with Crippen LogP contribution in [0.15, 0.2) is 24.3 Å². The zero-order chi connectivity index (χ0) is 10.1. The molecule has 0 aliphatic heterocycles. The van der Waals surface area contributed by atoms with Gasteiger partial charge in [-0.25, -0.2) is 0 Å². The molecule has 0 aliphatic rings. The fourth-order valence-corrected chi connectivity index (χ4v) is 2.04. The van der Waals surface area contributed by atoms with Crippen LogP contribution in [0.1, 0.15) is 0 Å². The van der Waals surface area contributed by atoms with E-state index >= 15 is 0 Å². The average molecular weight is 240 g/mol. The molecule has 0 amide bonds. The Morgan fingerprint density at radius 3 is 2.08 bits per heavy atom. The summed E-state index contributed by atoms with van der Waals surface area (Å²) in [5.41, 5.74) is 0.547. The Bertz CT molecular complexity index is 333. The topological polar surface area (TPSA) is 44.6 Å². The predicted molar refractivity (Wildman–Crippen MR) is 55.3 cm³/mol. The SMILES string of the molecule is C[NH+]([O-])c1ccc(P(=O)(Cl)Cl)cc1. The van der Waals surface area contributed by atoms with E-state index in [0.717, 1.165) is 0 Å². The number of hydrogen-bond donors (Lipinski definition) is 1. The van der Waals surface area contributed by atoms with Crippen molar-refractivity contribution in [2.75, 3.05) is 7.05 Å². The zero-order valence-corrected chi connectivity index (χ0v) is 9.24. The summed E-state index contributed by atoms with van der Waals surface area (Å²) in [6.45, 7) is 0. The van der Waals surface area contributed by atoms with Crippen LogP contribution in [0.3, 0.4) is 0 Å². The van der Waals surface area contributed by atoms with E-state index in [4.69, 9.17) is 22.5 Å². The minimum atomic E-state index is -3.24. The lowest BCUT2D eigenvalue weighted by atomic mass is 10.3. The van der Waals surface area contributed by atoms with Crippen molar-refractivity contribution in [3.05, 3.63) is 29.5 Å². The average Bonchev–Trinajstić information content (AvgIpc) is 2.03. The van der Waals surface area contributed by atoms with Gasteiger partial charge in [-0.3, -0.25) is 4.57 Å². The highest BCUT2D eigenvalue weighted by molar-refractivity contribution is 8.13. The monoisotopic (exact) mass is 239 g/mol. The Kier molecular flexibility index (Phi) is 3.38. The summed E-state index contributed by atoms with van der Waals surface area (Å²) in [7, 11) is 1.45. The second-order valence-electron chi connectivity index (χ2n) is 2.57. The molecule has 6 heteroatoms. The first-order valence-electron chi connectivity index (χ1n) is 3.52. The Hall–Kier alpha value is -0.0500. The fourth-order valence-electron chi connectivity index (χ4n) is 0.870. The van der Waals surface area contributed by atoms with Crippen LogP contribution >= 0.6 is 28.3 Å². The summed E-state index contributed by atoms with van der Waals surface area (Å²) in [4.78, 5) is 0. The summed E-state index contributed by atoms with van der Waals surface area (Å²) >= 11 is 10.9. The number of hydroxylamine groups is 1. The predicted octanol–water partition coefficient (Wildman–Crippen LogP) is 1.63. The minimum Gasteiger partial charge on any atom is -0.629 e. The van der Waals surface area contributed by atoms with Gasteiger partial charge in [0.15, 0.2) is 0 Å². The third kappa shape index (κ3) is 2.97. The van der Waals surface area contributed by atoms with Crippen molar-refractivity contribution >= 4 is 39.3 Å². The van der Waals surface area contributed by atoms with E-state index in [9.17, 15) is 9.77 Å². The number of hydrogen-bond acceptors (Lipinski definition) is 2. The molecular formula is C7H8Cl2NO2P. The molecule has 1 aromatic rings. The van der Waals surface area contributed by atoms with Crippen LogP contribution in [0.5, 0.6) is 0 Å². The van der Waals surface area contributed by atoms with Crippen molar-refractivity contribution in [1.82, 2.24) is 0 Å². The van der Waals surface area contributed by atoms with Crippen molar-refractivity contribution in [3.63, 3.8) is 0 Å². The zero-order valence-electron chi connectivity index (χ0n) is 6.83. The Labute approximate surface area is 85.8 Å². The molecule has 13 heavy (non-hydrogen) atoms. The van der Waals surface area contributed by atoms with Crippen LogP contribution in [0.25, 0.3) is 0 Å². The number of quaternary nitrogens is 1.